The molecule has 0 aliphatic carbocycles. The number of carbonyl (C=O) groups excluding carboxylic acids is 1. The minimum Gasteiger partial charge on any atom is -0.462 e. The van der Waals surface area contributed by atoms with Gasteiger partial charge in [0.1, 0.15) is 6.61 Å². The van der Waals surface area contributed by atoms with Crippen molar-refractivity contribution in [3.63, 3.8) is 0 Å². The van der Waals surface area contributed by atoms with E-state index in [1.807, 2.05) is 43.3 Å². The fourth-order valence-electron chi connectivity index (χ4n) is 2.95. The van der Waals surface area contributed by atoms with Crippen LogP contribution in [-0.2, 0) is 15.1 Å². The van der Waals surface area contributed by atoms with Crippen LogP contribution in [0.4, 0.5) is 0 Å². The van der Waals surface area contributed by atoms with Crippen molar-refractivity contribution >= 4 is 18.4 Å². The molecule has 1 unspecified atom stereocenters. The molecule has 2 aromatic rings. The third kappa shape index (κ3) is 4.85. The number of aliphatic hydroxyl groups is 1. The smallest absolute Gasteiger partial charge is 0.347 e. The Morgan fingerprint density at radius 2 is 1.62 bits per heavy atom. The highest BCUT2D eigenvalue weighted by molar-refractivity contribution is 5.86. The summed E-state index contributed by atoms with van der Waals surface area (Å²) in [4.78, 5) is 15.1. The zero-order chi connectivity index (χ0) is 18.3. The molecule has 0 aliphatic heterocycles. The van der Waals surface area contributed by atoms with Gasteiger partial charge < -0.3 is 14.7 Å². The third-order valence-electron chi connectivity index (χ3n) is 4.56. The number of esters is 1. The lowest BCUT2D eigenvalue weighted by molar-refractivity contribution is -0.162. The second kappa shape index (κ2) is 10.3. The Hall–Kier alpha value is -1.88. The van der Waals surface area contributed by atoms with Crippen molar-refractivity contribution in [2.45, 2.75) is 26.4 Å². The summed E-state index contributed by atoms with van der Waals surface area (Å²) in [6.45, 7) is 8.72. The van der Waals surface area contributed by atoms with Gasteiger partial charge in [-0.15, -0.1) is 12.4 Å². The van der Waals surface area contributed by atoms with Crippen molar-refractivity contribution in [3.8, 4) is 0 Å². The topological polar surface area (TPSA) is 49.8 Å². The molecule has 2 rings (SSSR count). The Morgan fingerprint density at radius 1 is 1.04 bits per heavy atom. The van der Waals surface area contributed by atoms with Gasteiger partial charge in [-0.25, -0.2) is 4.79 Å². The van der Waals surface area contributed by atoms with Crippen molar-refractivity contribution in [1.29, 1.82) is 0 Å². The maximum atomic E-state index is 12.9. The number of carbonyl (C=O) groups is 1. The van der Waals surface area contributed by atoms with Gasteiger partial charge in [0, 0.05) is 12.1 Å². The zero-order valence-corrected chi connectivity index (χ0v) is 16.5. The van der Waals surface area contributed by atoms with Gasteiger partial charge in [0.2, 0.25) is 5.60 Å². The van der Waals surface area contributed by atoms with Crippen molar-refractivity contribution in [2.75, 3.05) is 26.2 Å². The SMILES string of the molecule is CCN(CC)CCOC(=O)C(O)(c1ccccc1)c1ccccc1C.Cl. The molecule has 0 amide bonds. The van der Waals surface area contributed by atoms with Crippen LogP contribution in [0.2, 0.25) is 0 Å². The maximum Gasteiger partial charge on any atom is 0.347 e. The first-order chi connectivity index (χ1) is 12.0. The lowest BCUT2D eigenvalue weighted by Crippen LogP contribution is -2.40. The molecule has 1 N–H and O–H groups in total. The van der Waals surface area contributed by atoms with Gasteiger partial charge in [-0.05, 0) is 31.1 Å². The number of nitrogens with zero attached hydrogens (tertiary/aromatic N) is 1. The number of halogens is 1. The van der Waals surface area contributed by atoms with Crippen molar-refractivity contribution in [3.05, 3.63) is 71.3 Å². The van der Waals surface area contributed by atoms with E-state index >= 15 is 0 Å². The molecular weight excluding hydrogens is 350 g/mol. The Labute approximate surface area is 162 Å². The van der Waals surface area contributed by atoms with Gasteiger partial charge in [-0.2, -0.15) is 0 Å². The standard InChI is InChI=1S/C21H27NO3.ClH/c1-4-22(5-2)15-16-25-20(23)21(24,18-12-7-6-8-13-18)19-14-10-9-11-17(19)3;/h6-14,24H,4-5,15-16H2,1-3H3;1H. The number of hydrogen-bond acceptors (Lipinski definition) is 4. The number of benzene rings is 2. The van der Waals surface area contributed by atoms with E-state index < -0.39 is 11.6 Å². The number of hydrogen-bond donors (Lipinski definition) is 1. The molecule has 0 spiro atoms. The fourth-order valence-corrected chi connectivity index (χ4v) is 2.95. The highest BCUT2D eigenvalue weighted by Crippen LogP contribution is 2.33. The largest absolute Gasteiger partial charge is 0.462 e. The van der Waals surface area contributed by atoms with Gasteiger partial charge in [-0.1, -0.05) is 68.4 Å². The molecule has 4 nitrogen and oxygen atoms in total. The maximum absolute atomic E-state index is 12.9. The molecule has 0 saturated heterocycles. The van der Waals surface area contributed by atoms with Crippen molar-refractivity contribution < 1.29 is 14.6 Å². The molecule has 2 aromatic carbocycles. The minimum atomic E-state index is -1.81. The van der Waals surface area contributed by atoms with Crippen LogP contribution >= 0.6 is 12.4 Å². The first-order valence-electron chi connectivity index (χ1n) is 8.77. The first-order valence-corrected chi connectivity index (χ1v) is 8.77. The summed E-state index contributed by atoms with van der Waals surface area (Å²) in [5, 5.41) is 11.4. The summed E-state index contributed by atoms with van der Waals surface area (Å²) in [5.74, 6) is -0.639. The lowest BCUT2D eigenvalue weighted by Gasteiger charge is -2.29. The first kappa shape index (κ1) is 22.2. The molecule has 1 atom stereocenters. The summed E-state index contributed by atoms with van der Waals surface area (Å²) in [5.41, 5.74) is 0.0938. The van der Waals surface area contributed by atoms with Crippen LogP contribution < -0.4 is 0 Å². The normalized spacial score (nSPS) is 13.0. The molecule has 0 aliphatic rings. The lowest BCUT2D eigenvalue weighted by atomic mass is 9.84. The Bertz CT molecular complexity index is 689. The van der Waals surface area contributed by atoms with E-state index in [1.54, 1.807) is 18.2 Å². The second-order valence-corrected chi connectivity index (χ2v) is 6.05. The molecule has 5 heteroatoms. The molecule has 0 aromatic heterocycles. The van der Waals surface area contributed by atoms with Crippen LogP contribution in [0.25, 0.3) is 0 Å². The Kier molecular flexibility index (Phi) is 8.79. The predicted octanol–water partition coefficient (Wildman–Crippen LogP) is 3.54. The van der Waals surface area contributed by atoms with E-state index in [0.29, 0.717) is 17.7 Å². The average molecular weight is 378 g/mol. The second-order valence-electron chi connectivity index (χ2n) is 6.05. The molecule has 0 bridgehead atoms. The van der Waals surface area contributed by atoms with E-state index in [-0.39, 0.29) is 19.0 Å². The molecule has 0 fully saturated rings. The molecule has 26 heavy (non-hydrogen) atoms. The van der Waals surface area contributed by atoms with Crippen LogP contribution in [0.5, 0.6) is 0 Å². The van der Waals surface area contributed by atoms with Gasteiger partial charge in [0.25, 0.3) is 0 Å². The van der Waals surface area contributed by atoms with Crippen molar-refractivity contribution in [1.82, 2.24) is 4.90 Å². The van der Waals surface area contributed by atoms with Crippen LogP contribution in [0, 0.1) is 6.92 Å². The summed E-state index contributed by atoms with van der Waals surface area (Å²) in [7, 11) is 0. The van der Waals surface area contributed by atoms with E-state index in [4.69, 9.17) is 4.74 Å². The molecule has 142 valence electrons. The summed E-state index contributed by atoms with van der Waals surface area (Å²) in [6.07, 6.45) is 0. The molecular formula is C21H28ClNO3. The monoisotopic (exact) mass is 377 g/mol. The quantitative estimate of drug-likeness (QED) is 0.715. The van der Waals surface area contributed by atoms with Gasteiger partial charge in [-0.3, -0.25) is 0 Å². The average Bonchev–Trinajstić information content (AvgIpc) is 2.65. The fraction of sp³-hybridized carbons (Fsp3) is 0.381. The van der Waals surface area contributed by atoms with Gasteiger partial charge in [0.05, 0.1) is 0 Å². The van der Waals surface area contributed by atoms with Gasteiger partial charge in [0.15, 0.2) is 0 Å². The Balaban J connectivity index is 0.00000338. The zero-order valence-electron chi connectivity index (χ0n) is 15.6. The number of rotatable bonds is 8. The highest BCUT2D eigenvalue weighted by Gasteiger charge is 2.42. The van der Waals surface area contributed by atoms with E-state index in [0.717, 1.165) is 18.7 Å². The summed E-state index contributed by atoms with van der Waals surface area (Å²) in [6, 6.07) is 16.3. The van der Waals surface area contributed by atoms with Crippen LogP contribution in [0.15, 0.2) is 54.6 Å². The molecule has 0 radical (unpaired) electrons. The van der Waals surface area contributed by atoms with E-state index in [9.17, 15) is 9.90 Å². The molecule has 0 saturated carbocycles. The molecule has 0 heterocycles. The summed E-state index contributed by atoms with van der Waals surface area (Å²) < 4.78 is 5.47. The van der Waals surface area contributed by atoms with Crippen LogP contribution in [0.3, 0.4) is 0 Å². The number of ether oxygens (including phenoxy) is 1. The third-order valence-corrected chi connectivity index (χ3v) is 4.56. The summed E-state index contributed by atoms with van der Waals surface area (Å²) >= 11 is 0. The minimum absolute atomic E-state index is 0. The number of aryl methyl sites for hydroxylation is 1. The Morgan fingerprint density at radius 3 is 2.19 bits per heavy atom. The highest BCUT2D eigenvalue weighted by atomic mass is 35.5. The van der Waals surface area contributed by atoms with Crippen LogP contribution in [-0.4, -0.2) is 42.2 Å². The van der Waals surface area contributed by atoms with Gasteiger partial charge >= 0.3 is 5.97 Å². The van der Waals surface area contributed by atoms with E-state index in [2.05, 4.69) is 18.7 Å². The van der Waals surface area contributed by atoms with Crippen LogP contribution in [0.1, 0.15) is 30.5 Å². The van der Waals surface area contributed by atoms with Crippen molar-refractivity contribution in [2.24, 2.45) is 0 Å². The predicted molar refractivity (Wildman–Crippen MR) is 107 cm³/mol. The number of likely N-dealkylation sites (N-methyl/N-ethyl adjacent to an activating group) is 1. The van der Waals surface area contributed by atoms with E-state index in [1.165, 1.54) is 0 Å².